The summed E-state index contributed by atoms with van der Waals surface area (Å²) in [7, 11) is 0. The number of halogens is 12. The minimum absolute atomic E-state index is 0.323. The van der Waals surface area contributed by atoms with Gasteiger partial charge in [0, 0.05) is 11.6 Å². The molecule has 0 aromatic carbocycles. The summed E-state index contributed by atoms with van der Waals surface area (Å²) in [4.78, 5) is 14.1. The van der Waals surface area contributed by atoms with Crippen LogP contribution in [0.1, 0.15) is 0 Å². The van der Waals surface area contributed by atoms with E-state index < -0.39 is 47.1 Å². The van der Waals surface area contributed by atoms with Gasteiger partial charge in [-0.1, -0.05) is 0 Å². The first-order valence-corrected chi connectivity index (χ1v) is 6.70. The Bertz CT molecular complexity index is 644. The van der Waals surface area contributed by atoms with E-state index in [1.165, 1.54) is 0 Å². The second-order valence-electron chi connectivity index (χ2n) is 4.51. The summed E-state index contributed by atoms with van der Waals surface area (Å²) in [5, 5.41) is 1.03. The van der Waals surface area contributed by atoms with Crippen LogP contribution in [0.25, 0.3) is 0 Å². The molecule has 0 radical (unpaired) electrons. The van der Waals surface area contributed by atoms with Crippen molar-refractivity contribution in [2.24, 2.45) is 0 Å². The predicted octanol–water partition coefficient (Wildman–Crippen LogP) is 4.52. The molecule has 0 bridgehead atoms. The molecule has 1 amide bonds. The largest absolute Gasteiger partial charge is 0.393 e. The molecule has 16 heteroatoms. The van der Waals surface area contributed by atoms with Crippen molar-refractivity contribution in [2.75, 3.05) is 5.32 Å². The van der Waals surface area contributed by atoms with Gasteiger partial charge in [0.15, 0.2) is 5.13 Å². The zero-order valence-electron chi connectivity index (χ0n) is 11.5. The van der Waals surface area contributed by atoms with Gasteiger partial charge in [-0.05, 0) is 0 Å². The molecule has 1 heterocycles. The van der Waals surface area contributed by atoms with Crippen LogP contribution in [0.4, 0.5) is 57.8 Å². The molecule has 26 heavy (non-hydrogen) atoms. The van der Waals surface area contributed by atoms with Gasteiger partial charge in [0.05, 0.1) is 0 Å². The number of nitrogens with one attached hydrogen (secondary N) is 1. The quantitative estimate of drug-likeness (QED) is 0.649. The van der Waals surface area contributed by atoms with E-state index in [1.54, 1.807) is 0 Å². The number of carbonyl (C=O) groups is 1. The van der Waals surface area contributed by atoms with E-state index in [-0.39, 0.29) is 0 Å². The highest BCUT2D eigenvalue weighted by atomic mass is 32.1. The fourth-order valence-electron chi connectivity index (χ4n) is 1.34. The molecule has 0 aliphatic heterocycles. The second-order valence-corrected chi connectivity index (χ2v) is 5.41. The van der Waals surface area contributed by atoms with E-state index in [0.29, 0.717) is 11.3 Å². The first-order valence-electron chi connectivity index (χ1n) is 5.82. The lowest BCUT2D eigenvalue weighted by molar-refractivity contribution is -0.406. The Morgan fingerprint density at radius 1 is 0.923 bits per heavy atom. The lowest BCUT2D eigenvalue weighted by atomic mass is 9.94. The molecular formula is C10H4F12N2OS. The van der Waals surface area contributed by atoms with Crippen molar-refractivity contribution in [3.8, 4) is 0 Å². The van der Waals surface area contributed by atoms with E-state index in [0.717, 1.165) is 16.9 Å². The number of amides is 1. The Labute approximate surface area is 139 Å². The molecule has 0 spiro atoms. The highest BCUT2D eigenvalue weighted by molar-refractivity contribution is 7.13. The van der Waals surface area contributed by atoms with Crippen LogP contribution in [0.5, 0.6) is 0 Å². The van der Waals surface area contributed by atoms with Crippen molar-refractivity contribution in [2.45, 2.75) is 36.0 Å². The minimum Gasteiger partial charge on any atom is -0.296 e. The number of thiazole rings is 1. The highest BCUT2D eigenvalue weighted by Crippen LogP contribution is 2.58. The summed E-state index contributed by atoms with van der Waals surface area (Å²) >= 11 is 0.323. The number of aromatic nitrogens is 1. The van der Waals surface area contributed by atoms with Gasteiger partial charge < -0.3 is 0 Å². The maximum atomic E-state index is 13.4. The fourth-order valence-corrected chi connectivity index (χ4v) is 1.87. The van der Waals surface area contributed by atoms with Gasteiger partial charge in [0.25, 0.3) is 0 Å². The topological polar surface area (TPSA) is 42.0 Å². The fraction of sp³-hybridized carbons (Fsp3) is 0.600. The van der Waals surface area contributed by atoms with Crippen molar-refractivity contribution in [3.05, 3.63) is 11.6 Å². The standard InChI is InChI=1S/C10H4F12N2OS/c11-3(12)6(13,14)8(17,18)10(21,22)9(19,20)7(15,16)4(25)24-5-23-1-2-26-5/h1-3H,(H,23,24,25). The van der Waals surface area contributed by atoms with Gasteiger partial charge in [-0.15, -0.1) is 11.3 Å². The van der Waals surface area contributed by atoms with Gasteiger partial charge >= 0.3 is 41.9 Å². The predicted molar refractivity (Wildman–Crippen MR) is 61.5 cm³/mol. The van der Waals surface area contributed by atoms with Crippen LogP contribution in [0.2, 0.25) is 0 Å². The van der Waals surface area contributed by atoms with Crippen LogP contribution in [0, 0.1) is 0 Å². The molecule has 150 valence electrons. The SMILES string of the molecule is O=C(Nc1nccs1)C(F)(F)C(F)(F)C(F)(F)C(F)(F)C(F)(F)C(F)F. The molecule has 0 saturated carbocycles. The van der Waals surface area contributed by atoms with Crippen molar-refractivity contribution in [3.63, 3.8) is 0 Å². The molecule has 0 unspecified atom stereocenters. The zero-order valence-corrected chi connectivity index (χ0v) is 12.3. The average molecular weight is 428 g/mol. The molecule has 1 aromatic rings. The first-order chi connectivity index (χ1) is 11.4. The second kappa shape index (κ2) is 6.45. The third-order valence-corrected chi connectivity index (χ3v) is 3.50. The van der Waals surface area contributed by atoms with Crippen LogP contribution < -0.4 is 5.32 Å². The van der Waals surface area contributed by atoms with Crippen LogP contribution in [0.3, 0.4) is 0 Å². The minimum atomic E-state index is -7.75. The van der Waals surface area contributed by atoms with Crippen LogP contribution >= 0.6 is 11.3 Å². The first kappa shape index (κ1) is 22.3. The third-order valence-electron chi connectivity index (χ3n) is 2.81. The smallest absolute Gasteiger partial charge is 0.296 e. The Balaban J connectivity index is 3.33. The zero-order chi connectivity index (χ0) is 20.8. The lowest BCUT2D eigenvalue weighted by Crippen LogP contribution is -2.70. The molecule has 0 fully saturated rings. The summed E-state index contributed by atoms with van der Waals surface area (Å²) in [5.74, 6) is -40.0. The normalized spacial score (nSPS) is 14.7. The van der Waals surface area contributed by atoms with E-state index in [2.05, 4.69) is 4.98 Å². The van der Waals surface area contributed by atoms with Crippen molar-refractivity contribution < 1.29 is 57.5 Å². The van der Waals surface area contributed by atoms with Gasteiger partial charge in [0.2, 0.25) is 0 Å². The Morgan fingerprint density at radius 3 is 1.81 bits per heavy atom. The summed E-state index contributed by atoms with van der Waals surface area (Å²) < 4.78 is 155. The van der Waals surface area contributed by atoms with Crippen molar-refractivity contribution >= 4 is 22.4 Å². The van der Waals surface area contributed by atoms with Gasteiger partial charge in [-0.3, -0.25) is 10.1 Å². The molecule has 0 saturated heterocycles. The Morgan fingerprint density at radius 2 is 1.42 bits per heavy atom. The number of hydrogen-bond acceptors (Lipinski definition) is 3. The third kappa shape index (κ3) is 3.07. The summed E-state index contributed by atoms with van der Waals surface area (Å²) in [6.45, 7) is 0. The molecule has 0 atom stereocenters. The number of nitrogens with zero attached hydrogens (tertiary/aromatic N) is 1. The lowest BCUT2D eigenvalue weighted by Gasteiger charge is -2.38. The number of anilines is 1. The molecule has 1 aromatic heterocycles. The van der Waals surface area contributed by atoms with Gasteiger partial charge in [0.1, 0.15) is 0 Å². The molecule has 0 aliphatic rings. The summed E-state index contributed by atoms with van der Waals surface area (Å²) in [6, 6.07) is 0. The van der Waals surface area contributed by atoms with E-state index in [9.17, 15) is 57.5 Å². The molecule has 3 nitrogen and oxygen atoms in total. The van der Waals surface area contributed by atoms with E-state index in [1.807, 2.05) is 0 Å². The molecular weight excluding hydrogens is 424 g/mol. The van der Waals surface area contributed by atoms with Crippen LogP contribution in [-0.2, 0) is 4.79 Å². The average Bonchev–Trinajstić information content (AvgIpc) is 2.98. The van der Waals surface area contributed by atoms with Crippen LogP contribution in [0.15, 0.2) is 11.6 Å². The number of rotatable bonds is 7. The monoisotopic (exact) mass is 428 g/mol. The van der Waals surface area contributed by atoms with Crippen molar-refractivity contribution in [1.29, 1.82) is 0 Å². The summed E-state index contributed by atoms with van der Waals surface area (Å²) in [6.07, 6.45) is -4.76. The summed E-state index contributed by atoms with van der Waals surface area (Å²) in [5.41, 5.74) is 0. The van der Waals surface area contributed by atoms with E-state index >= 15 is 0 Å². The maximum absolute atomic E-state index is 13.4. The number of carbonyl (C=O) groups excluding carboxylic acids is 1. The van der Waals surface area contributed by atoms with E-state index in [4.69, 9.17) is 0 Å². The highest BCUT2D eigenvalue weighted by Gasteiger charge is 2.89. The van der Waals surface area contributed by atoms with Gasteiger partial charge in [-0.25, -0.2) is 13.8 Å². The Kier molecular flexibility index (Phi) is 5.54. The molecule has 0 aliphatic carbocycles. The van der Waals surface area contributed by atoms with Gasteiger partial charge in [-0.2, -0.15) is 43.9 Å². The number of hydrogen-bond donors (Lipinski definition) is 1. The van der Waals surface area contributed by atoms with Crippen molar-refractivity contribution in [1.82, 2.24) is 4.98 Å². The Hall–Kier alpha value is -1.74. The van der Waals surface area contributed by atoms with Crippen LogP contribution in [-0.4, -0.2) is 46.9 Å². The molecule has 1 rings (SSSR count). The maximum Gasteiger partial charge on any atom is 0.393 e. The number of alkyl halides is 12. The molecule has 1 N–H and O–H groups in total.